The second-order valence-electron chi connectivity index (χ2n) is 3.33. The van der Waals surface area contributed by atoms with Crippen LogP contribution in [0.15, 0.2) is 24.3 Å². The molecule has 0 aliphatic rings. The molecule has 0 aliphatic carbocycles. The third-order valence-electron chi connectivity index (χ3n) is 2.33. The summed E-state index contributed by atoms with van der Waals surface area (Å²) in [5.74, 6) is -0.794. The predicted octanol–water partition coefficient (Wildman–Crippen LogP) is 1.60. The summed E-state index contributed by atoms with van der Waals surface area (Å²) < 4.78 is 4.52. The first-order valence-corrected chi connectivity index (χ1v) is 4.78. The maximum absolute atomic E-state index is 11.3. The topological polar surface area (TPSA) is 83.2 Å². The summed E-state index contributed by atoms with van der Waals surface area (Å²) >= 11 is 0. The van der Waals surface area contributed by atoms with E-state index < -0.39 is 5.97 Å². The van der Waals surface area contributed by atoms with Gasteiger partial charge in [-0.2, -0.15) is 5.26 Å². The summed E-state index contributed by atoms with van der Waals surface area (Å²) in [6, 6.07) is 7.96. The van der Waals surface area contributed by atoms with Crippen LogP contribution in [-0.4, -0.2) is 23.2 Å². The molecule has 2 rings (SSSR count). The third-order valence-corrected chi connectivity index (χ3v) is 2.33. The molecule has 0 saturated heterocycles. The molecule has 17 heavy (non-hydrogen) atoms. The number of fused-ring (bicyclic) bond motifs is 1. The number of aromatic hydroxyl groups is 1. The molecule has 84 valence electrons. The van der Waals surface area contributed by atoms with Gasteiger partial charge in [-0.05, 0) is 12.1 Å². The minimum Gasteiger partial charge on any atom is -0.507 e. The number of carbonyl (C=O) groups is 1. The predicted molar refractivity (Wildman–Crippen MR) is 59.5 cm³/mol. The van der Waals surface area contributed by atoms with Crippen molar-refractivity contribution in [2.24, 2.45) is 0 Å². The maximum atomic E-state index is 11.3. The van der Waals surface area contributed by atoms with Gasteiger partial charge in [0.1, 0.15) is 5.75 Å². The molecule has 1 aromatic carbocycles. The Balaban J connectivity index is 2.77. The average molecular weight is 228 g/mol. The van der Waals surface area contributed by atoms with Gasteiger partial charge < -0.3 is 9.84 Å². The number of nitrogens with zero attached hydrogens (tertiary/aromatic N) is 2. The highest BCUT2D eigenvalue weighted by molar-refractivity contribution is 5.96. The zero-order chi connectivity index (χ0) is 12.4. The summed E-state index contributed by atoms with van der Waals surface area (Å²) in [7, 11) is 1.23. The molecular weight excluding hydrogens is 220 g/mol. The number of ether oxygens (including phenoxy) is 1. The molecule has 0 aliphatic heterocycles. The molecule has 0 saturated carbocycles. The van der Waals surface area contributed by atoms with E-state index in [4.69, 9.17) is 5.26 Å². The molecule has 5 nitrogen and oxygen atoms in total. The zero-order valence-electron chi connectivity index (χ0n) is 8.97. The van der Waals surface area contributed by atoms with Gasteiger partial charge in [0.25, 0.3) is 0 Å². The summed E-state index contributed by atoms with van der Waals surface area (Å²) in [6.07, 6.45) is 0. The molecule has 0 atom stereocenters. The molecule has 0 bridgehead atoms. The molecule has 1 aromatic heterocycles. The van der Waals surface area contributed by atoms with Crippen LogP contribution >= 0.6 is 0 Å². The fraction of sp³-hybridized carbons (Fsp3) is 0.0833. The highest BCUT2D eigenvalue weighted by Gasteiger charge is 2.13. The number of methoxy groups -OCH3 is 1. The lowest BCUT2D eigenvalue weighted by atomic mass is 10.1. The van der Waals surface area contributed by atoms with Crippen LogP contribution in [0.5, 0.6) is 5.75 Å². The van der Waals surface area contributed by atoms with Crippen LogP contribution in [0.4, 0.5) is 0 Å². The Bertz CT molecular complexity index is 644. The molecule has 0 unspecified atom stereocenters. The Morgan fingerprint density at radius 2 is 2.29 bits per heavy atom. The molecule has 1 N–H and O–H groups in total. The highest BCUT2D eigenvalue weighted by atomic mass is 16.5. The summed E-state index contributed by atoms with van der Waals surface area (Å²) in [5, 5.41) is 19.0. The van der Waals surface area contributed by atoms with Gasteiger partial charge in [-0.25, -0.2) is 9.78 Å². The van der Waals surface area contributed by atoms with E-state index >= 15 is 0 Å². The van der Waals surface area contributed by atoms with Crippen LogP contribution in [0.3, 0.4) is 0 Å². The van der Waals surface area contributed by atoms with E-state index in [9.17, 15) is 9.90 Å². The van der Waals surface area contributed by atoms with Crippen molar-refractivity contribution in [1.29, 1.82) is 5.26 Å². The number of aromatic nitrogens is 1. The number of benzene rings is 1. The van der Waals surface area contributed by atoms with Gasteiger partial charge in [-0.3, -0.25) is 0 Å². The van der Waals surface area contributed by atoms with E-state index in [0.29, 0.717) is 16.5 Å². The maximum Gasteiger partial charge on any atom is 0.356 e. The van der Waals surface area contributed by atoms with Crippen LogP contribution in [0.2, 0.25) is 0 Å². The van der Waals surface area contributed by atoms with Gasteiger partial charge >= 0.3 is 5.97 Å². The molecule has 0 fully saturated rings. The van der Waals surface area contributed by atoms with Crippen molar-refractivity contribution in [1.82, 2.24) is 4.98 Å². The second-order valence-corrected chi connectivity index (χ2v) is 3.33. The van der Waals surface area contributed by atoms with Crippen LogP contribution in [0.1, 0.15) is 16.1 Å². The van der Waals surface area contributed by atoms with Gasteiger partial charge in [-0.1, -0.05) is 6.07 Å². The Morgan fingerprint density at radius 1 is 1.53 bits per heavy atom. The van der Waals surface area contributed by atoms with Crippen molar-refractivity contribution in [3.63, 3.8) is 0 Å². The van der Waals surface area contributed by atoms with E-state index in [1.807, 2.05) is 6.07 Å². The number of pyridine rings is 1. The number of hydrogen-bond donors (Lipinski definition) is 1. The lowest BCUT2D eigenvalue weighted by Gasteiger charge is -2.05. The van der Waals surface area contributed by atoms with Gasteiger partial charge in [-0.15, -0.1) is 0 Å². The number of esters is 1. The van der Waals surface area contributed by atoms with Crippen molar-refractivity contribution in [3.8, 4) is 11.8 Å². The van der Waals surface area contributed by atoms with Crippen LogP contribution < -0.4 is 0 Å². The van der Waals surface area contributed by atoms with E-state index in [2.05, 4.69) is 9.72 Å². The van der Waals surface area contributed by atoms with Gasteiger partial charge in [0.15, 0.2) is 5.69 Å². The van der Waals surface area contributed by atoms with Crippen LogP contribution in [0.25, 0.3) is 10.9 Å². The minimum absolute atomic E-state index is 0.00703. The van der Waals surface area contributed by atoms with Crippen molar-refractivity contribution in [3.05, 3.63) is 35.5 Å². The normalized spacial score (nSPS) is 9.88. The van der Waals surface area contributed by atoms with Crippen molar-refractivity contribution in [2.75, 3.05) is 7.11 Å². The Labute approximate surface area is 96.9 Å². The Hall–Kier alpha value is -2.61. The van der Waals surface area contributed by atoms with E-state index in [1.165, 1.54) is 13.2 Å². The first kappa shape index (κ1) is 10.9. The van der Waals surface area contributed by atoms with Crippen LogP contribution in [0, 0.1) is 11.3 Å². The van der Waals surface area contributed by atoms with E-state index in [0.717, 1.165) is 0 Å². The molecular formula is C12H8N2O3. The molecule has 0 amide bonds. The first-order valence-electron chi connectivity index (χ1n) is 4.78. The fourth-order valence-corrected chi connectivity index (χ4v) is 1.57. The number of hydrogen-bond acceptors (Lipinski definition) is 5. The minimum atomic E-state index is -0.635. The number of nitriles is 1. The largest absolute Gasteiger partial charge is 0.507 e. The monoisotopic (exact) mass is 228 g/mol. The highest BCUT2D eigenvalue weighted by Crippen LogP contribution is 2.27. The quantitative estimate of drug-likeness (QED) is 0.749. The lowest BCUT2D eigenvalue weighted by Crippen LogP contribution is -2.04. The Kier molecular flexibility index (Phi) is 2.63. The van der Waals surface area contributed by atoms with Crippen molar-refractivity contribution >= 4 is 16.9 Å². The SMILES string of the molecule is COC(=O)c1cc(O)c2c(C#N)cccc2n1. The summed E-state index contributed by atoms with van der Waals surface area (Å²) in [5.41, 5.74) is 0.695. The lowest BCUT2D eigenvalue weighted by molar-refractivity contribution is 0.0594. The van der Waals surface area contributed by atoms with Crippen molar-refractivity contribution < 1.29 is 14.6 Å². The second kappa shape index (κ2) is 4.10. The van der Waals surface area contributed by atoms with Crippen molar-refractivity contribution in [2.45, 2.75) is 0 Å². The fourth-order valence-electron chi connectivity index (χ4n) is 1.57. The third kappa shape index (κ3) is 1.76. The van der Waals surface area contributed by atoms with E-state index in [1.54, 1.807) is 18.2 Å². The van der Waals surface area contributed by atoms with Gasteiger partial charge in [0, 0.05) is 6.07 Å². The zero-order valence-corrected chi connectivity index (χ0v) is 8.97. The number of carbonyl (C=O) groups excluding carboxylic acids is 1. The molecule has 2 aromatic rings. The van der Waals surface area contributed by atoms with Crippen LogP contribution in [-0.2, 0) is 4.74 Å². The first-order chi connectivity index (χ1) is 8.17. The molecule has 0 spiro atoms. The number of rotatable bonds is 1. The standard InChI is InChI=1S/C12H8N2O3/c1-17-12(16)9-5-10(15)11-7(6-13)3-2-4-8(11)14-9/h2-5H,1H3,(H,14,15). The average Bonchev–Trinajstić information content (AvgIpc) is 2.36. The smallest absolute Gasteiger partial charge is 0.356 e. The van der Waals surface area contributed by atoms with Gasteiger partial charge in [0.05, 0.1) is 29.6 Å². The summed E-state index contributed by atoms with van der Waals surface area (Å²) in [4.78, 5) is 15.3. The molecule has 0 radical (unpaired) electrons. The van der Waals surface area contributed by atoms with E-state index in [-0.39, 0.29) is 11.4 Å². The summed E-state index contributed by atoms with van der Waals surface area (Å²) in [6.45, 7) is 0. The van der Waals surface area contributed by atoms with Gasteiger partial charge in [0.2, 0.25) is 0 Å². The molecule has 5 heteroatoms. The Morgan fingerprint density at radius 3 is 2.94 bits per heavy atom. The molecule has 1 heterocycles.